The molecule has 2 rings (SSSR count). The van der Waals surface area contributed by atoms with Crippen LogP contribution in [-0.2, 0) is 11.3 Å². The van der Waals surface area contributed by atoms with Gasteiger partial charge < -0.3 is 14.8 Å². The second-order valence-electron chi connectivity index (χ2n) is 4.51. The van der Waals surface area contributed by atoms with E-state index in [2.05, 4.69) is 5.32 Å². The average molecular weight is 289 g/mol. The van der Waals surface area contributed by atoms with Gasteiger partial charge in [0, 0.05) is 24.4 Å². The molecule has 2 aromatic rings. The standard InChI is InChI=1S/C17H20FNO2/c1-2-20-11-12-21-16-9-7-15(8-10-16)19-13-14-5-3-4-6-17(14)18/h3-10,19H,2,11-13H2,1H3. The van der Waals surface area contributed by atoms with Crippen molar-refractivity contribution >= 4 is 5.69 Å². The monoisotopic (exact) mass is 289 g/mol. The second-order valence-corrected chi connectivity index (χ2v) is 4.51. The molecule has 0 radical (unpaired) electrons. The molecule has 0 aliphatic carbocycles. The first-order valence-electron chi connectivity index (χ1n) is 7.07. The van der Waals surface area contributed by atoms with Crippen LogP contribution in [0.4, 0.5) is 10.1 Å². The van der Waals surface area contributed by atoms with Crippen LogP contribution in [0, 0.1) is 5.82 Å². The first kappa shape index (κ1) is 15.3. The molecule has 0 heterocycles. The van der Waals surface area contributed by atoms with Crippen LogP contribution in [0.3, 0.4) is 0 Å². The van der Waals surface area contributed by atoms with Crippen LogP contribution in [0.1, 0.15) is 12.5 Å². The third-order valence-electron chi connectivity index (χ3n) is 3.00. The van der Waals surface area contributed by atoms with Gasteiger partial charge in [-0.2, -0.15) is 0 Å². The highest BCUT2D eigenvalue weighted by atomic mass is 19.1. The third-order valence-corrected chi connectivity index (χ3v) is 3.00. The molecular formula is C17H20FNO2. The van der Waals surface area contributed by atoms with Gasteiger partial charge in [-0.25, -0.2) is 4.39 Å². The molecule has 1 N–H and O–H groups in total. The van der Waals surface area contributed by atoms with Crippen molar-refractivity contribution in [1.82, 2.24) is 0 Å². The summed E-state index contributed by atoms with van der Waals surface area (Å²) in [6.07, 6.45) is 0. The quantitative estimate of drug-likeness (QED) is 0.749. The minimum Gasteiger partial charge on any atom is -0.491 e. The van der Waals surface area contributed by atoms with E-state index >= 15 is 0 Å². The smallest absolute Gasteiger partial charge is 0.128 e. The molecule has 0 saturated carbocycles. The highest BCUT2D eigenvalue weighted by molar-refractivity contribution is 5.46. The number of hydrogen-bond acceptors (Lipinski definition) is 3. The molecule has 0 fully saturated rings. The SMILES string of the molecule is CCOCCOc1ccc(NCc2ccccc2F)cc1. The first-order chi connectivity index (χ1) is 10.3. The van der Waals surface area contributed by atoms with E-state index in [4.69, 9.17) is 9.47 Å². The second kappa shape index (κ2) is 8.27. The lowest BCUT2D eigenvalue weighted by Gasteiger charge is -2.09. The van der Waals surface area contributed by atoms with Gasteiger partial charge in [0.2, 0.25) is 0 Å². The van der Waals surface area contributed by atoms with E-state index in [1.165, 1.54) is 6.07 Å². The van der Waals surface area contributed by atoms with Crippen LogP contribution >= 0.6 is 0 Å². The number of rotatable bonds is 8. The largest absolute Gasteiger partial charge is 0.491 e. The Morgan fingerprint density at radius 2 is 1.76 bits per heavy atom. The van der Waals surface area contributed by atoms with Crippen molar-refractivity contribution in [2.24, 2.45) is 0 Å². The van der Waals surface area contributed by atoms with E-state index in [0.717, 1.165) is 11.4 Å². The lowest BCUT2D eigenvalue weighted by atomic mass is 10.2. The number of hydrogen-bond donors (Lipinski definition) is 1. The zero-order valence-electron chi connectivity index (χ0n) is 12.1. The van der Waals surface area contributed by atoms with Crippen molar-refractivity contribution in [3.8, 4) is 5.75 Å². The molecule has 0 spiro atoms. The topological polar surface area (TPSA) is 30.5 Å². The maximum absolute atomic E-state index is 13.5. The van der Waals surface area contributed by atoms with Crippen molar-refractivity contribution in [3.05, 3.63) is 59.9 Å². The van der Waals surface area contributed by atoms with Gasteiger partial charge in [0.15, 0.2) is 0 Å². The molecule has 0 atom stereocenters. The minimum absolute atomic E-state index is 0.194. The van der Waals surface area contributed by atoms with E-state index in [1.54, 1.807) is 12.1 Å². The zero-order valence-corrected chi connectivity index (χ0v) is 12.1. The van der Waals surface area contributed by atoms with Gasteiger partial charge in [-0.3, -0.25) is 0 Å². The van der Waals surface area contributed by atoms with E-state index in [0.29, 0.717) is 31.9 Å². The number of anilines is 1. The Labute approximate surface area is 124 Å². The summed E-state index contributed by atoms with van der Waals surface area (Å²) in [7, 11) is 0. The van der Waals surface area contributed by atoms with Gasteiger partial charge in [-0.05, 0) is 37.3 Å². The highest BCUT2D eigenvalue weighted by Gasteiger charge is 2.00. The van der Waals surface area contributed by atoms with Gasteiger partial charge in [0.25, 0.3) is 0 Å². The minimum atomic E-state index is -0.194. The fourth-order valence-electron chi connectivity index (χ4n) is 1.87. The molecular weight excluding hydrogens is 269 g/mol. The Morgan fingerprint density at radius 3 is 2.48 bits per heavy atom. The maximum atomic E-state index is 13.5. The summed E-state index contributed by atoms with van der Waals surface area (Å²) in [5.74, 6) is 0.604. The Hall–Kier alpha value is -2.07. The Balaban J connectivity index is 1.81. The molecule has 2 aromatic carbocycles. The van der Waals surface area contributed by atoms with Crippen molar-refractivity contribution in [2.45, 2.75) is 13.5 Å². The summed E-state index contributed by atoms with van der Waals surface area (Å²) in [5.41, 5.74) is 1.57. The molecule has 0 saturated heterocycles. The third kappa shape index (κ3) is 5.08. The van der Waals surface area contributed by atoms with E-state index in [-0.39, 0.29) is 5.82 Å². The van der Waals surface area contributed by atoms with Crippen LogP contribution < -0.4 is 10.1 Å². The van der Waals surface area contributed by atoms with Crippen molar-refractivity contribution in [1.29, 1.82) is 0 Å². The van der Waals surface area contributed by atoms with Crippen molar-refractivity contribution in [2.75, 3.05) is 25.1 Å². The van der Waals surface area contributed by atoms with Crippen LogP contribution in [0.5, 0.6) is 5.75 Å². The van der Waals surface area contributed by atoms with Gasteiger partial charge in [0.1, 0.15) is 18.2 Å². The fourth-order valence-corrected chi connectivity index (χ4v) is 1.87. The maximum Gasteiger partial charge on any atom is 0.128 e. The van der Waals surface area contributed by atoms with Gasteiger partial charge in [0.05, 0.1) is 6.61 Å². The molecule has 0 aromatic heterocycles. The molecule has 0 unspecified atom stereocenters. The lowest BCUT2D eigenvalue weighted by molar-refractivity contribution is 0.110. The summed E-state index contributed by atoms with van der Waals surface area (Å²) in [6.45, 7) is 4.23. The number of halogens is 1. The number of nitrogens with one attached hydrogen (secondary N) is 1. The number of benzene rings is 2. The Bertz CT molecular complexity index is 543. The average Bonchev–Trinajstić information content (AvgIpc) is 2.52. The van der Waals surface area contributed by atoms with Crippen LogP contribution in [0.2, 0.25) is 0 Å². The van der Waals surface area contributed by atoms with Crippen LogP contribution in [0.25, 0.3) is 0 Å². The summed E-state index contributed by atoms with van der Waals surface area (Å²) < 4.78 is 24.2. The molecule has 0 bridgehead atoms. The highest BCUT2D eigenvalue weighted by Crippen LogP contribution is 2.17. The predicted molar refractivity (Wildman–Crippen MR) is 82.2 cm³/mol. The Morgan fingerprint density at radius 1 is 1.00 bits per heavy atom. The zero-order chi connectivity index (χ0) is 14.9. The van der Waals surface area contributed by atoms with Crippen molar-refractivity contribution in [3.63, 3.8) is 0 Å². The van der Waals surface area contributed by atoms with Gasteiger partial charge in [-0.1, -0.05) is 18.2 Å². The van der Waals surface area contributed by atoms with Crippen LogP contribution in [0.15, 0.2) is 48.5 Å². The molecule has 3 nitrogen and oxygen atoms in total. The van der Waals surface area contributed by atoms with Crippen molar-refractivity contribution < 1.29 is 13.9 Å². The lowest BCUT2D eigenvalue weighted by Crippen LogP contribution is -2.06. The number of ether oxygens (including phenoxy) is 2. The van der Waals surface area contributed by atoms with E-state index in [1.807, 2.05) is 37.3 Å². The molecule has 21 heavy (non-hydrogen) atoms. The van der Waals surface area contributed by atoms with Crippen LogP contribution in [-0.4, -0.2) is 19.8 Å². The fraction of sp³-hybridized carbons (Fsp3) is 0.294. The summed E-state index contributed by atoms with van der Waals surface area (Å²) in [6, 6.07) is 14.3. The Kier molecular flexibility index (Phi) is 6.03. The molecule has 4 heteroatoms. The summed E-state index contributed by atoms with van der Waals surface area (Å²) in [4.78, 5) is 0. The van der Waals surface area contributed by atoms with Gasteiger partial charge in [-0.15, -0.1) is 0 Å². The molecule has 112 valence electrons. The normalized spacial score (nSPS) is 10.4. The molecule has 0 aliphatic rings. The predicted octanol–water partition coefficient (Wildman–Crippen LogP) is 3.85. The first-order valence-corrected chi connectivity index (χ1v) is 7.07. The molecule has 0 amide bonds. The summed E-state index contributed by atoms with van der Waals surface area (Å²) >= 11 is 0. The molecule has 0 aliphatic heterocycles. The van der Waals surface area contributed by atoms with E-state index < -0.39 is 0 Å². The summed E-state index contributed by atoms with van der Waals surface area (Å²) in [5, 5.41) is 3.19. The van der Waals surface area contributed by atoms with E-state index in [9.17, 15) is 4.39 Å². The van der Waals surface area contributed by atoms with Gasteiger partial charge >= 0.3 is 0 Å².